The van der Waals surface area contributed by atoms with Crippen LogP contribution in [0.3, 0.4) is 0 Å². The Kier molecular flexibility index (Phi) is 6.83. The summed E-state index contributed by atoms with van der Waals surface area (Å²) in [5.41, 5.74) is -2.26. The number of aliphatic carboxylic acids is 1. The maximum atomic E-state index is 12.0. The van der Waals surface area contributed by atoms with Crippen LogP contribution in [0.25, 0.3) is 0 Å². The minimum Gasteiger partial charge on any atom is -0.480 e. The van der Waals surface area contributed by atoms with Crippen LogP contribution in [0.5, 0.6) is 0 Å². The summed E-state index contributed by atoms with van der Waals surface area (Å²) in [5.74, 6) is -1.45. The minimum atomic E-state index is -1.06. The number of carbonyl (C=O) groups excluding carboxylic acids is 1. The third kappa shape index (κ3) is 9.42. The summed E-state index contributed by atoms with van der Waals surface area (Å²) < 4.78 is 16.1. The summed E-state index contributed by atoms with van der Waals surface area (Å²) in [4.78, 5) is 22.5. The van der Waals surface area contributed by atoms with Gasteiger partial charge in [-0.25, -0.2) is 9.59 Å². The lowest BCUT2D eigenvalue weighted by atomic mass is 10.1. The van der Waals surface area contributed by atoms with E-state index in [9.17, 15) is 9.59 Å². The summed E-state index contributed by atoms with van der Waals surface area (Å²) in [6.45, 7) is 12.1. The van der Waals surface area contributed by atoms with E-state index in [1.54, 1.807) is 48.5 Å². The third-order valence-electron chi connectivity index (χ3n) is 2.64. The predicted molar refractivity (Wildman–Crippen MR) is 78.2 cm³/mol. The molecule has 0 saturated carbocycles. The van der Waals surface area contributed by atoms with Crippen molar-refractivity contribution in [2.45, 2.75) is 71.7 Å². The summed E-state index contributed by atoms with van der Waals surface area (Å²) in [7, 11) is 0. The molecule has 0 aromatic heterocycles. The number of rotatable bonds is 8. The lowest BCUT2D eigenvalue weighted by Gasteiger charge is -2.30. The largest absolute Gasteiger partial charge is 0.480 e. The maximum Gasteiger partial charge on any atom is 0.338 e. The molecule has 1 N–H and O–H groups in total. The van der Waals surface area contributed by atoms with Gasteiger partial charge in [0.25, 0.3) is 0 Å². The number of carboxylic acid groups (broad SMARTS) is 1. The van der Waals surface area contributed by atoms with E-state index in [2.05, 4.69) is 0 Å². The van der Waals surface area contributed by atoms with Gasteiger partial charge in [-0.05, 0) is 54.9 Å². The lowest BCUT2D eigenvalue weighted by molar-refractivity contribution is -0.181. The van der Waals surface area contributed by atoms with E-state index >= 15 is 0 Å². The standard InChI is InChI=1S/C15H28O6/c1-13(2,3)21-12(18)15(6,7)19-9-8-14(4,5)20-10-11(16)17/h8-10H2,1-7H3,(H,16,17). The zero-order valence-electron chi connectivity index (χ0n) is 14.1. The molecule has 0 aliphatic rings. The second-order valence-corrected chi connectivity index (χ2v) is 7.05. The van der Waals surface area contributed by atoms with Crippen molar-refractivity contribution < 1.29 is 28.9 Å². The van der Waals surface area contributed by atoms with Crippen molar-refractivity contribution in [3.63, 3.8) is 0 Å². The van der Waals surface area contributed by atoms with Crippen LogP contribution in [0, 0.1) is 0 Å². The molecule has 0 heterocycles. The Balaban J connectivity index is 4.31. The van der Waals surface area contributed by atoms with Crippen LogP contribution in [0.15, 0.2) is 0 Å². The third-order valence-corrected chi connectivity index (χ3v) is 2.64. The van der Waals surface area contributed by atoms with Gasteiger partial charge in [-0.2, -0.15) is 0 Å². The highest BCUT2D eigenvalue weighted by atomic mass is 16.6. The second-order valence-electron chi connectivity index (χ2n) is 7.05. The normalized spacial score (nSPS) is 13.1. The molecule has 21 heavy (non-hydrogen) atoms. The lowest BCUT2D eigenvalue weighted by Crippen LogP contribution is -2.42. The maximum absolute atomic E-state index is 12.0. The fraction of sp³-hybridized carbons (Fsp3) is 0.867. The molecule has 0 aliphatic carbocycles. The van der Waals surface area contributed by atoms with E-state index < -0.39 is 28.7 Å². The van der Waals surface area contributed by atoms with Crippen LogP contribution in [0.4, 0.5) is 0 Å². The van der Waals surface area contributed by atoms with E-state index in [1.165, 1.54) is 0 Å². The molecular weight excluding hydrogens is 276 g/mol. The Labute approximate surface area is 126 Å². The summed E-state index contributed by atoms with van der Waals surface area (Å²) >= 11 is 0. The number of hydrogen-bond donors (Lipinski definition) is 1. The molecule has 0 saturated heterocycles. The summed E-state index contributed by atoms with van der Waals surface area (Å²) in [5, 5.41) is 8.59. The fourth-order valence-corrected chi connectivity index (χ4v) is 1.34. The zero-order valence-corrected chi connectivity index (χ0v) is 14.1. The van der Waals surface area contributed by atoms with Crippen LogP contribution in [-0.4, -0.2) is 47.1 Å². The van der Waals surface area contributed by atoms with Crippen molar-refractivity contribution in [3.05, 3.63) is 0 Å². The van der Waals surface area contributed by atoms with Gasteiger partial charge in [-0.3, -0.25) is 0 Å². The zero-order chi connectivity index (χ0) is 16.9. The van der Waals surface area contributed by atoms with E-state index in [0.29, 0.717) is 6.42 Å². The first-order valence-electron chi connectivity index (χ1n) is 6.98. The molecule has 0 aromatic carbocycles. The molecule has 6 nitrogen and oxygen atoms in total. The molecule has 0 aliphatic heterocycles. The Hall–Kier alpha value is -1.14. The molecule has 0 amide bonds. The monoisotopic (exact) mass is 304 g/mol. The van der Waals surface area contributed by atoms with Gasteiger partial charge < -0.3 is 19.3 Å². The van der Waals surface area contributed by atoms with Crippen molar-refractivity contribution in [2.24, 2.45) is 0 Å². The highest BCUT2D eigenvalue weighted by Gasteiger charge is 2.34. The molecule has 6 heteroatoms. The average Bonchev–Trinajstić information content (AvgIpc) is 2.23. The highest BCUT2D eigenvalue weighted by molar-refractivity contribution is 5.78. The van der Waals surface area contributed by atoms with Gasteiger partial charge in [-0.15, -0.1) is 0 Å². The van der Waals surface area contributed by atoms with Crippen LogP contribution in [-0.2, 0) is 23.8 Å². The van der Waals surface area contributed by atoms with Gasteiger partial charge in [-0.1, -0.05) is 0 Å². The van der Waals surface area contributed by atoms with Gasteiger partial charge in [0.2, 0.25) is 0 Å². The minimum absolute atomic E-state index is 0.263. The van der Waals surface area contributed by atoms with E-state index in [4.69, 9.17) is 19.3 Å². The Morgan fingerprint density at radius 2 is 1.48 bits per heavy atom. The van der Waals surface area contributed by atoms with Crippen molar-refractivity contribution in [1.29, 1.82) is 0 Å². The summed E-state index contributed by atoms with van der Waals surface area (Å²) in [6.07, 6.45) is 0.465. The van der Waals surface area contributed by atoms with Crippen LogP contribution < -0.4 is 0 Å². The van der Waals surface area contributed by atoms with Crippen molar-refractivity contribution >= 4 is 11.9 Å². The second kappa shape index (κ2) is 7.22. The molecular formula is C15H28O6. The first-order valence-corrected chi connectivity index (χ1v) is 6.98. The number of esters is 1. The molecule has 0 spiro atoms. The van der Waals surface area contributed by atoms with Crippen LogP contribution >= 0.6 is 0 Å². The smallest absolute Gasteiger partial charge is 0.338 e. The van der Waals surface area contributed by atoms with Gasteiger partial charge in [0, 0.05) is 0 Å². The van der Waals surface area contributed by atoms with Gasteiger partial charge in [0.15, 0.2) is 5.60 Å². The molecule has 0 aromatic rings. The van der Waals surface area contributed by atoms with E-state index in [0.717, 1.165) is 0 Å². The van der Waals surface area contributed by atoms with Crippen LogP contribution in [0.2, 0.25) is 0 Å². The molecule has 0 unspecified atom stereocenters. The quantitative estimate of drug-likeness (QED) is 0.693. The van der Waals surface area contributed by atoms with Crippen molar-refractivity contribution in [1.82, 2.24) is 0 Å². The summed E-state index contributed by atoms with van der Waals surface area (Å²) in [6, 6.07) is 0. The van der Waals surface area contributed by atoms with E-state index in [-0.39, 0.29) is 13.2 Å². The average molecular weight is 304 g/mol. The number of carboxylic acids is 1. The Morgan fingerprint density at radius 3 is 1.90 bits per heavy atom. The SMILES string of the molecule is CC(C)(C)OC(=O)C(C)(C)OCCC(C)(C)OCC(=O)O. The first kappa shape index (κ1) is 19.9. The molecule has 0 atom stereocenters. The van der Waals surface area contributed by atoms with Crippen LogP contribution in [0.1, 0.15) is 54.9 Å². The van der Waals surface area contributed by atoms with E-state index in [1.807, 2.05) is 0 Å². The first-order chi connectivity index (χ1) is 9.25. The molecule has 0 rings (SSSR count). The number of ether oxygens (including phenoxy) is 3. The van der Waals surface area contributed by atoms with Crippen molar-refractivity contribution in [3.8, 4) is 0 Å². The highest BCUT2D eigenvalue weighted by Crippen LogP contribution is 2.20. The van der Waals surface area contributed by atoms with Gasteiger partial charge in [0.1, 0.15) is 12.2 Å². The predicted octanol–water partition coefficient (Wildman–Crippen LogP) is 2.39. The topological polar surface area (TPSA) is 82.1 Å². The van der Waals surface area contributed by atoms with Gasteiger partial charge in [0.05, 0.1) is 12.2 Å². The Morgan fingerprint density at radius 1 is 0.952 bits per heavy atom. The van der Waals surface area contributed by atoms with Crippen molar-refractivity contribution in [2.75, 3.05) is 13.2 Å². The van der Waals surface area contributed by atoms with Gasteiger partial charge >= 0.3 is 11.9 Å². The number of hydrogen-bond acceptors (Lipinski definition) is 5. The number of carbonyl (C=O) groups is 2. The molecule has 124 valence electrons. The molecule has 0 bridgehead atoms. The fourth-order valence-electron chi connectivity index (χ4n) is 1.34. The molecule has 0 fully saturated rings. The Bertz CT molecular complexity index is 365. The molecule has 0 radical (unpaired) electrons.